The number of aromatic nitrogens is 4. The molecule has 0 amide bonds. The van der Waals surface area contributed by atoms with Crippen molar-refractivity contribution in [3.8, 4) is 0 Å². The van der Waals surface area contributed by atoms with Crippen molar-refractivity contribution in [2.45, 2.75) is 50.2 Å². The number of pyridine rings is 4. The second kappa shape index (κ2) is 9.33. The van der Waals surface area contributed by atoms with Crippen molar-refractivity contribution in [1.29, 1.82) is 0 Å². The molecule has 14 heteroatoms. The van der Waals surface area contributed by atoms with E-state index in [2.05, 4.69) is 15.3 Å². The highest BCUT2D eigenvalue weighted by Crippen LogP contribution is 2.38. The Morgan fingerprint density at radius 3 is 1.86 bits per heavy atom. The van der Waals surface area contributed by atoms with E-state index in [1.165, 1.54) is 12.4 Å². The third-order valence-corrected chi connectivity index (χ3v) is 8.07. The molecule has 4 aromatic heterocycles. The quantitative estimate of drug-likeness (QED) is 0.297. The van der Waals surface area contributed by atoms with Crippen LogP contribution in [0.25, 0.3) is 22.1 Å². The molecule has 216 valence electrons. The van der Waals surface area contributed by atoms with Crippen LogP contribution in [0.4, 0.5) is 20.4 Å². The van der Waals surface area contributed by atoms with E-state index in [4.69, 9.17) is 0 Å². The summed E-state index contributed by atoms with van der Waals surface area (Å²) < 4.78 is 33.7. The summed E-state index contributed by atoms with van der Waals surface area (Å²) in [6.45, 7) is 0.584. The Balaban J connectivity index is 1.20. The Labute approximate surface area is 234 Å². The largest absolute Gasteiger partial charge is 0.477 e. The lowest BCUT2D eigenvalue weighted by Crippen LogP contribution is -2.29. The van der Waals surface area contributed by atoms with E-state index in [9.17, 15) is 29.4 Å². The molecule has 0 bridgehead atoms. The summed E-state index contributed by atoms with van der Waals surface area (Å²) in [5, 5.41) is 21.7. The summed E-state index contributed by atoms with van der Waals surface area (Å²) >= 11 is 0. The first kappa shape index (κ1) is 26.0. The normalized spacial score (nSPS) is 18.6. The number of anilines is 2. The lowest BCUT2D eigenvalue weighted by atomic mass is 10.1. The van der Waals surface area contributed by atoms with E-state index >= 15 is 8.78 Å². The van der Waals surface area contributed by atoms with Gasteiger partial charge in [0.05, 0.1) is 10.8 Å². The van der Waals surface area contributed by atoms with Crippen molar-refractivity contribution in [3.63, 3.8) is 0 Å². The van der Waals surface area contributed by atoms with Crippen LogP contribution >= 0.6 is 0 Å². The van der Waals surface area contributed by atoms with Gasteiger partial charge in [0, 0.05) is 43.6 Å². The maximum Gasteiger partial charge on any atom is 0.341 e. The number of carboxylic acid groups (broad SMARTS) is 2. The average Bonchev–Trinajstić information content (AvgIpc) is 3.88. The Kier molecular flexibility index (Phi) is 5.78. The SMILES string of the molecule is O=C(O)c1cn(C2CC2)c2nc(NC3CCN(c4nc5c(cc4F)c(=O)c(C(=O)O)cn5C4CC4)C3)c(F)cc2c1=O. The molecule has 3 fully saturated rings. The van der Waals surface area contributed by atoms with Crippen molar-refractivity contribution >= 4 is 45.6 Å². The maximum absolute atomic E-state index is 15.3. The van der Waals surface area contributed by atoms with E-state index in [-0.39, 0.29) is 58.4 Å². The molecular weight excluding hydrogens is 554 g/mol. The van der Waals surface area contributed by atoms with Gasteiger partial charge in [0.25, 0.3) is 0 Å². The Morgan fingerprint density at radius 1 is 0.810 bits per heavy atom. The highest BCUT2D eigenvalue weighted by Gasteiger charge is 2.32. The van der Waals surface area contributed by atoms with Crippen molar-refractivity contribution in [2.75, 3.05) is 23.3 Å². The summed E-state index contributed by atoms with van der Waals surface area (Å²) in [7, 11) is 0. The summed E-state index contributed by atoms with van der Waals surface area (Å²) in [4.78, 5) is 59.2. The molecule has 3 N–H and O–H groups in total. The molecule has 1 saturated heterocycles. The monoisotopic (exact) mass is 578 g/mol. The van der Waals surface area contributed by atoms with Crippen molar-refractivity contribution < 1.29 is 28.6 Å². The summed E-state index contributed by atoms with van der Waals surface area (Å²) in [5.41, 5.74) is -2.10. The first-order valence-electron chi connectivity index (χ1n) is 13.6. The number of rotatable bonds is 7. The van der Waals surface area contributed by atoms with Crippen LogP contribution in [-0.4, -0.2) is 60.4 Å². The zero-order valence-electron chi connectivity index (χ0n) is 22.0. The molecule has 2 saturated carbocycles. The molecule has 7 rings (SSSR count). The van der Waals surface area contributed by atoms with Gasteiger partial charge < -0.3 is 29.6 Å². The molecule has 1 aliphatic heterocycles. The summed E-state index contributed by atoms with van der Waals surface area (Å²) in [6, 6.07) is 1.60. The van der Waals surface area contributed by atoms with Gasteiger partial charge in [0.2, 0.25) is 10.9 Å². The van der Waals surface area contributed by atoms with E-state index in [1.807, 2.05) is 0 Å². The van der Waals surface area contributed by atoms with Gasteiger partial charge in [-0.05, 0) is 44.2 Å². The molecule has 5 heterocycles. The van der Waals surface area contributed by atoms with Gasteiger partial charge >= 0.3 is 11.9 Å². The molecule has 42 heavy (non-hydrogen) atoms. The van der Waals surface area contributed by atoms with Gasteiger partial charge in [0.1, 0.15) is 22.4 Å². The Hall–Kier alpha value is -4.88. The van der Waals surface area contributed by atoms with E-state index in [0.717, 1.165) is 37.8 Å². The zero-order valence-corrected chi connectivity index (χ0v) is 22.0. The zero-order chi connectivity index (χ0) is 29.4. The number of hydrogen-bond donors (Lipinski definition) is 3. The van der Waals surface area contributed by atoms with Crippen LogP contribution in [0.3, 0.4) is 0 Å². The molecule has 0 aromatic carbocycles. The third kappa shape index (κ3) is 4.25. The highest BCUT2D eigenvalue weighted by molar-refractivity contribution is 5.93. The predicted octanol–water partition coefficient (Wildman–Crippen LogP) is 3.14. The molecule has 2 aliphatic carbocycles. The van der Waals surface area contributed by atoms with Gasteiger partial charge in [-0.25, -0.2) is 28.3 Å². The number of nitrogens with zero attached hydrogens (tertiary/aromatic N) is 5. The van der Waals surface area contributed by atoms with Crippen molar-refractivity contribution in [3.05, 3.63) is 67.7 Å². The van der Waals surface area contributed by atoms with Crippen LogP contribution in [0.2, 0.25) is 0 Å². The summed E-state index contributed by atoms with van der Waals surface area (Å²) in [6.07, 6.45) is 6.14. The highest BCUT2D eigenvalue weighted by atomic mass is 19.1. The minimum absolute atomic E-state index is 0.000565. The third-order valence-electron chi connectivity index (χ3n) is 8.07. The number of fused-ring (bicyclic) bond motifs is 2. The van der Waals surface area contributed by atoms with E-state index < -0.39 is 45.6 Å². The maximum atomic E-state index is 15.3. The van der Waals surface area contributed by atoms with Crippen molar-refractivity contribution in [2.24, 2.45) is 0 Å². The minimum Gasteiger partial charge on any atom is -0.477 e. The molecule has 0 spiro atoms. The van der Waals surface area contributed by atoms with E-state index in [0.29, 0.717) is 13.0 Å². The number of carboxylic acids is 2. The number of carbonyl (C=O) groups is 2. The molecule has 1 unspecified atom stereocenters. The number of aromatic carboxylic acids is 2. The molecule has 3 aliphatic rings. The minimum atomic E-state index is -1.39. The first-order chi connectivity index (χ1) is 20.1. The Bertz CT molecular complexity index is 1970. The van der Waals surface area contributed by atoms with Gasteiger partial charge in [-0.2, -0.15) is 0 Å². The second-order valence-electron chi connectivity index (χ2n) is 11.1. The molecule has 12 nitrogen and oxygen atoms in total. The fraction of sp³-hybridized carbons (Fsp3) is 0.357. The number of halogens is 2. The lowest BCUT2D eigenvalue weighted by Gasteiger charge is -2.21. The standard InChI is InChI=1S/C28H24F2N6O6/c29-19-7-15-21(37)17(27(39)40)10-35(13-1-2-13)24(15)32-23(19)31-12-5-6-34(9-12)26-20(30)8-16-22(38)18(28(41)42)11-36(14-3-4-14)25(16)33-26/h7-8,10-14H,1-6,9H2,(H,31,32)(H,39,40)(H,41,42). The van der Waals surface area contributed by atoms with Crippen LogP contribution in [-0.2, 0) is 0 Å². The van der Waals surface area contributed by atoms with Gasteiger partial charge in [-0.15, -0.1) is 0 Å². The van der Waals surface area contributed by atoms with Gasteiger partial charge in [-0.1, -0.05) is 0 Å². The lowest BCUT2D eigenvalue weighted by molar-refractivity contribution is 0.0684. The fourth-order valence-electron chi connectivity index (χ4n) is 5.64. The van der Waals surface area contributed by atoms with Crippen molar-refractivity contribution in [1.82, 2.24) is 19.1 Å². The predicted molar refractivity (Wildman–Crippen MR) is 147 cm³/mol. The topological polar surface area (TPSA) is 160 Å². The van der Waals surface area contributed by atoms with Crippen LogP contribution < -0.4 is 21.1 Å². The van der Waals surface area contributed by atoms with Crippen LogP contribution in [0.15, 0.2) is 34.1 Å². The van der Waals surface area contributed by atoms with Gasteiger partial charge in [0.15, 0.2) is 23.3 Å². The first-order valence-corrected chi connectivity index (χ1v) is 13.6. The Morgan fingerprint density at radius 2 is 1.33 bits per heavy atom. The molecule has 1 atom stereocenters. The average molecular weight is 579 g/mol. The fourth-order valence-corrected chi connectivity index (χ4v) is 5.64. The molecule has 0 radical (unpaired) electrons. The van der Waals surface area contributed by atoms with Crippen LogP contribution in [0.5, 0.6) is 0 Å². The molecular formula is C28H24F2N6O6. The number of nitrogens with one attached hydrogen (secondary N) is 1. The second-order valence-corrected chi connectivity index (χ2v) is 11.1. The summed E-state index contributed by atoms with van der Waals surface area (Å²) in [5.74, 6) is -4.49. The number of hydrogen-bond acceptors (Lipinski definition) is 8. The molecule has 4 aromatic rings. The van der Waals surface area contributed by atoms with E-state index in [1.54, 1.807) is 14.0 Å². The smallest absolute Gasteiger partial charge is 0.341 e. The van der Waals surface area contributed by atoms with Crippen LogP contribution in [0.1, 0.15) is 64.9 Å². The van der Waals surface area contributed by atoms with Gasteiger partial charge in [-0.3, -0.25) is 9.59 Å². The van der Waals surface area contributed by atoms with Crippen LogP contribution in [0, 0.1) is 11.6 Å².